The number of rotatable bonds is 2. The fourth-order valence-electron chi connectivity index (χ4n) is 1.90. The van der Waals surface area contributed by atoms with Gasteiger partial charge in [-0.15, -0.1) is 0 Å². The van der Waals surface area contributed by atoms with Gasteiger partial charge in [-0.3, -0.25) is 9.59 Å². The van der Waals surface area contributed by atoms with Gasteiger partial charge in [0.15, 0.2) is 0 Å². The first-order valence-electron chi connectivity index (χ1n) is 4.84. The number of hydrogen-bond donors (Lipinski definition) is 0. The van der Waals surface area contributed by atoms with E-state index in [0.717, 1.165) is 25.7 Å². The van der Waals surface area contributed by atoms with Crippen LogP contribution in [0.2, 0.25) is 0 Å². The first-order chi connectivity index (χ1) is 6.69. The number of ether oxygens (including phenoxy) is 2. The molecule has 0 radical (unpaired) electrons. The molecule has 1 rings (SSSR count). The van der Waals surface area contributed by atoms with Gasteiger partial charge >= 0.3 is 13.4 Å². The van der Waals surface area contributed by atoms with Gasteiger partial charge in [0, 0.05) is 0 Å². The topological polar surface area (TPSA) is 52.6 Å². The van der Waals surface area contributed by atoms with Crippen molar-refractivity contribution in [3.63, 3.8) is 0 Å². The lowest BCUT2D eigenvalue weighted by molar-refractivity contribution is -0.151. The van der Waals surface area contributed by atoms with E-state index in [4.69, 9.17) is 0 Å². The summed E-state index contributed by atoms with van der Waals surface area (Å²) in [6.45, 7) is 0. The summed E-state index contributed by atoms with van der Waals surface area (Å²) in [4.78, 5) is 22.3. The summed E-state index contributed by atoms with van der Waals surface area (Å²) in [7, 11) is 2.80. The average molecular weight is 201 g/mol. The number of hydrogen-bond acceptors (Lipinski definition) is 4. The Morgan fingerprint density at radius 1 is 0.929 bits per heavy atom. The van der Waals surface area contributed by atoms with E-state index in [1.54, 1.807) is 0 Å². The second-order valence-electron chi connectivity index (χ2n) is 3.59. The average Bonchev–Trinajstić information content (AvgIpc) is 2.27. The molecule has 4 heteroatoms. The molecule has 1 fully saturated rings. The highest BCUT2D eigenvalue weighted by Crippen LogP contribution is 2.30. The SMILES string of the molecule is COC(=O)C1CCC(C(=O)OC)CC1.[H+]. The Morgan fingerprint density at radius 2 is 1.21 bits per heavy atom. The first-order valence-corrected chi connectivity index (χ1v) is 4.84. The minimum atomic E-state index is -0.159. The Labute approximate surface area is 85.1 Å². The summed E-state index contributed by atoms with van der Waals surface area (Å²) in [6, 6.07) is 0. The molecular weight excluding hydrogens is 184 g/mol. The zero-order valence-electron chi connectivity index (χ0n) is 9.62. The summed E-state index contributed by atoms with van der Waals surface area (Å²) in [5.41, 5.74) is 0. The third kappa shape index (κ3) is 2.47. The number of esters is 2. The maximum Gasteiger partial charge on any atom is 1.00 e. The zero-order chi connectivity index (χ0) is 10.6. The largest absolute Gasteiger partial charge is 1.00 e. The smallest absolute Gasteiger partial charge is 0.469 e. The lowest BCUT2D eigenvalue weighted by Crippen LogP contribution is -2.27. The molecule has 0 N–H and O–H groups in total. The normalized spacial score (nSPS) is 26.7. The summed E-state index contributed by atoms with van der Waals surface area (Å²) in [6.07, 6.45) is 2.91. The fourth-order valence-corrected chi connectivity index (χ4v) is 1.90. The molecule has 0 amide bonds. The van der Waals surface area contributed by atoms with Gasteiger partial charge in [0.1, 0.15) is 0 Å². The summed E-state index contributed by atoms with van der Waals surface area (Å²) >= 11 is 0. The van der Waals surface area contributed by atoms with E-state index >= 15 is 0 Å². The van der Waals surface area contributed by atoms with Crippen molar-refractivity contribution < 1.29 is 20.5 Å². The van der Waals surface area contributed by atoms with E-state index in [9.17, 15) is 9.59 Å². The molecule has 1 aliphatic carbocycles. The van der Waals surface area contributed by atoms with Crippen LogP contribution >= 0.6 is 0 Å². The van der Waals surface area contributed by atoms with Gasteiger partial charge in [-0.2, -0.15) is 0 Å². The number of carbonyl (C=O) groups excluding carboxylic acids is 2. The van der Waals surface area contributed by atoms with Crippen molar-refractivity contribution in [3.8, 4) is 0 Å². The Bertz CT molecular complexity index is 197. The molecule has 4 nitrogen and oxygen atoms in total. The van der Waals surface area contributed by atoms with Crippen LogP contribution in [0.3, 0.4) is 0 Å². The Morgan fingerprint density at radius 3 is 1.43 bits per heavy atom. The van der Waals surface area contributed by atoms with Crippen LogP contribution in [0.25, 0.3) is 0 Å². The van der Waals surface area contributed by atoms with Crippen LogP contribution in [0, 0.1) is 11.8 Å². The van der Waals surface area contributed by atoms with E-state index in [1.165, 1.54) is 14.2 Å². The van der Waals surface area contributed by atoms with Crippen LogP contribution in [0.15, 0.2) is 0 Å². The molecule has 80 valence electrons. The van der Waals surface area contributed by atoms with Gasteiger partial charge in [-0.1, -0.05) is 0 Å². The summed E-state index contributed by atoms with van der Waals surface area (Å²) in [5, 5.41) is 0. The van der Waals surface area contributed by atoms with Crippen molar-refractivity contribution in [2.75, 3.05) is 14.2 Å². The Balaban J connectivity index is 0.00000196. The van der Waals surface area contributed by atoms with Crippen LogP contribution in [0.5, 0.6) is 0 Å². The monoisotopic (exact) mass is 201 g/mol. The predicted octanol–water partition coefficient (Wildman–Crippen LogP) is 1.25. The second-order valence-corrected chi connectivity index (χ2v) is 3.59. The van der Waals surface area contributed by atoms with E-state index in [1.807, 2.05) is 0 Å². The predicted molar refractivity (Wildman–Crippen MR) is 50.6 cm³/mol. The van der Waals surface area contributed by atoms with Gasteiger partial charge in [0.2, 0.25) is 0 Å². The van der Waals surface area contributed by atoms with Crippen LogP contribution in [-0.2, 0) is 19.1 Å². The van der Waals surface area contributed by atoms with Crippen molar-refractivity contribution in [1.29, 1.82) is 0 Å². The minimum absolute atomic E-state index is 0. The maximum atomic E-state index is 11.2. The van der Waals surface area contributed by atoms with Crippen LogP contribution < -0.4 is 0 Å². The quantitative estimate of drug-likeness (QED) is 0.631. The van der Waals surface area contributed by atoms with Crippen molar-refractivity contribution in [3.05, 3.63) is 0 Å². The third-order valence-electron chi connectivity index (χ3n) is 2.80. The van der Waals surface area contributed by atoms with Crippen molar-refractivity contribution >= 4 is 11.9 Å². The maximum absolute atomic E-state index is 11.2. The minimum Gasteiger partial charge on any atom is -0.469 e. The number of carbonyl (C=O) groups is 2. The van der Waals surface area contributed by atoms with Crippen LogP contribution in [0.4, 0.5) is 0 Å². The van der Waals surface area contributed by atoms with E-state index < -0.39 is 0 Å². The lowest BCUT2D eigenvalue weighted by Gasteiger charge is -2.24. The second kappa shape index (κ2) is 4.98. The van der Waals surface area contributed by atoms with Crippen LogP contribution in [-0.4, -0.2) is 26.2 Å². The summed E-state index contributed by atoms with van der Waals surface area (Å²) < 4.78 is 9.31. The van der Waals surface area contributed by atoms with E-state index in [0.29, 0.717) is 0 Å². The molecule has 0 unspecified atom stereocenters. The highest BCUT2D eigenvalue weighted by molar-refractivity contribution is 5.75. The van der Waals surface area contributed by atoms with Crippen molar-refractivity contribution in [1.82, 2.24) is 0 Å². The molecule has 0 aromatic rings. The zero-order valence-corrected chi connectivity index (χ0v) is 8.62. The molecule has 0 atom stereocenters. The van der Waals surface area contributed by atoms with Crippen LogP contribution in [0.1, 0.15) is 27.1 Å². The summed E-state index contributed by atoms with van der Waals surface area (Å²) in [5.74, 6) is -0.372. The molecular formula is C10H17O4+. The third-order valence-corrected chi connectivity index (χ3v) is 2.80. The molecule has 0 aromatic carbocycles. The van der Waals surface area contributed by atoms with Gasteiger partial charge in [0.25, 0.3) is 0 Å². The molecule has 0 spiro atoms. The van der Waals surface area contributed by atoms with Crippen molar-refractivity contribution in [2.24, 2.45) is 11.8 Å². The lowest BCUT2D eigenvalue weighted by atomic mass is 9.82. The molecule has 0 bridgehead atoms. The highest BCUT2D eigenvalue weighted by Gasteiger charge is 2.30. The highest BCUT2D eigenvalue weighted by atomic mass is 16.5. The fraction of sp³-hybridized carbons (Fsp3) is 0.800. The van der Waals surface area contributed by atoms with Gasteiger partial charge in [0.05, 0.1) is 26.1 Å². The van der Waals surface area contributed by atoms with Crippen molar-refractivity contribution in [2.45, 2.75) is 25.7 Å². The standard InChI is InChI=1S/C10H16O4/c1-13-9(11)7-3-5-8(6-4-7)10(12)14-2/h7-8H,3-6H2,1-2H3/p+1. The van der Waals surface area contributed by atoms with Gasteiger partial charge in [-0.25, -0.2) is 0 Å². The first kappa shape index (κ1) is 11.0. The Hall–Kier alpha value is -1.06. The van der Waals surface area contributed by atoms with E-state index in [2.05, 4.69) is 9.47 Å². The van der Waals surface area contributed by atoms with E-state index in [-0.39, 0.29) is 25.2 Å². The van der Waals surface area contributed by atoms with Gasteiger partial charge in [-0.05, 0) is 25.7 Å². The van der Waals surface area contributed by atoms with Gasteiger partial charge < -0.3 is 9.47 Å². The molecule has 0 heterocycles. The number of methoxy groups -OCH3 is 2. The molecule has 0 saturated heterocycles. The molecule has 0 aromatic heterocycles. The molecule has 14 heavy (non-hydrogen) atoms. The molecule has 1 aliphatic rings. The molecule has 1 saturated carbocycles. The Kier molecular flexibility index (Phi) is 3.92. The molecule has 0 aliphatic heterocycles.